The molecule has 1 saturated carbocycles. The molecule has 2 aliphatic rings. The maximum atomic E-state index is 13.4. The number of amides is 2. The Morgan fingerprint density at radius 3 is 2.50 bits per heavy atom. The Morgan fingerprint density at radius 2 is 1.82 bits per heavy atom. The highest BCUT2D eigenvalue weighted by Gasteiger charge is 2.36. The number of halogens is 2. The third kappa shape index (κ3) is 4.45. The second-order valence-corrected chi connectivity index (χ2v) is 8.50. The molecule has 5 rings (SSSR count). The average molecular weight is 469 g/mol. The number of piperidine rings is 1. The van der Waals surface area contributed by atoms with Crippen LogP contribution in [0.3, 0.4) is 0 Å². The zero-order valence-corrected chi connectivity index (χ0v) is 18.0. The van der Waals surface area contributed by atoms with Crippen LogP contribution >= 0.6 is 0 Å². The van der Waals surface area contributed by atoms with Crippen molar-refractivity contribution >= 4 is 28.8 Å². The molecule has 2 amide bonds. The molecule has 0 spiro atoms. The zero-order valence-electron chi connectivity index (χ0n) is 18.0. The van der Waals surface area contributed by atoms with Crippen LogP contribution < -0.4 is 5.48 Å². The van der Waals surface area contributed by atoms with Gasteiger partial charge in [-0.1, -0.05) is 0 Å². The Morgan fingerprint density at radius 1 is 1.06 bits per heavy atom. The number of aromatic nitrogens is 3. The lowest BCUT2D eigenvalue weighted by Crippen LogP contribution is -2.42. The molecule has 1 N–H and O–H groups in total. The zero-order chi connectivity index (χ0) is 23.9. The smallest absolute Gasteiger partial charge is 0.335 e. The third-order valence-electron chi connectivity index (χ3n) is 5.97. The van der Waals surface area contributed by atoms with Gasteiger partial charge in [-0.05, 0) is 37.1 Å². The minimum atomic E-state index is -2.72. The van der Waals surface area contributed by atoms with Crippen molar-refractivity contribution in [2.75, 3.05) is 13.1 Å². The highest BCUT2D eigenvalue weighted by Crippen LogP contribution is 2.30. The largest absolute Gasteiger partial charge is 0.340 e. The highest BCUT2D eigenvalue weighted by atomic mass is 19.3. The standard InChI is InChI=1S/C23H21F2N5O4/c24-23(25)6-9-29(10-7-23)21(32)16-11-15-5-8-30(19(15)27-12-16)17-3-4-18(26-13-17)20(31)28-34-22(33)14-1-2-14/h3-5,8,11-14H,1-2,6-7,9-10H2,(H,28,31). The number of nitrogens with zero attached hydrogens (tertiary/aromatic N) is 4. The van der Waals surface area contributed by atoms with Crippen molar-refractivity contribution in [3.8, 4) is 5.69 Å². The lowest BCUT2D eigenvalue weighted by molar-refractivity contribution is -0.150. The van der Waals surface area contributed by atoms with Crippen LogP contribution in [0.1, 0.15) is 46.5 Å². The molecular formula is C23H21F2N5O4. The van der Waals surface area contributed by atoms with Gasteiger partial charge in [0.15, 0.2) is 0 Å². The molecular weight excluding hydrogens is 448 g/mol. The average Bonchev–Trinajstić information content (AvgIpc) is 3.61. The molecule has 1 aliphatic carbocycles. The molecule has 11 heteroatoms. The van der Waals surface area contributed by atoms with Crippen LogP contribution in [0.4, 0.5) is 8.78 Å². The van der Waals surface area contributed by atoms with Crippen LogP contribution in [0, 0.1) is 5.92 Å². The van der Waals surface area contributed by atoms with Gasteiger partial charge in [0.05, 0.1) is 23.4 Å². The predicted molar refractivity (Wildman–Crippen MR) is 115 cm³/mol. The van der Waals surface area contributed by atoms with Crippen molar-refractivity contribution in [1.29, 1.82) is 0 Å². The predicted octanol–water partition coefficient (Wildman–Crippen LogP) is 2.89. The SMILES string of the molecule is O=C(NOC(=O)C1CC1)c1ccc(-n2ccc3cc(C(=O)N4CCC(F)(F)CC4)cnc32)cn1. The Balaban J connectivity index is 1.28. The Hall–Kier alpha value is -3.89. The normalized spacial score (nSPS) is 17.4. The van der Waals surface area contributed by atoms with E-state index in [1.807, 2.05) is 0 Å². The van der Waals surface area contributed by atoms with E-state index in [4.69, 9.17) is 4.84 Å². The molecule has 0 radical (unpaired) electrons. The van der Waals surface area contributed by atoms with E-state index < -0.39 is 17.8 Å². The lowest BCUT2D eigenvalue weighted by atomic mass is 10.1. The van der Waals surface area contributed by atoms with Crippen LogP contribution in [0.25, 0.3) is 16.7 Å². The molecule has 1 aliphatic heterocycles. The highest BCUT2D eigenvalue weighted by molar-refractivity contribution is 5.97. The van der Waals surface area contributed by atoms with E-state index in [1.165, 1.54) is 23.4 Å². The van der Waals surface area contributed by atoms with E-state index in [9.17, 15) is 23.2 Å². The minimum Gasteiger partial charge on any atom is -0.340 e. The number of hydrogen-bond donors (Lipinski definition) is 1. The molecule has 176 valence electrons. The number of hydroxylamine groups is 1. The molecule has 1 saturated heterocycles. The fourth-order valence-corrected chi connectivity index (χ4v) is 3.78. The van der Waals surface area contributed by atoms with Gasteiger partial charge in [0.2, 0.25) is 0 Å². The first-order valence-corrected chi connectivity index (χ1v) is 10.9. The maximum absolute atomic E-state index is 13.4. The van der Waals surface area contributed by atoms with Gasteiger partial charge < -0.3 is 9.74 Å². The molecule has 0 aromatic carbocycles. The molecule has 0 atom stereocenters. The van der Waals surface area contributed by atoms with Crippen molar-refractivity contribution in [1.82, 2.24) is 24.9 Å². The Kier molecular flexibility index (Phi) is 5.46. The third-order valence-corrected chi connectivity index (χ3v) is 5.97. The number of carbonyl (C=O) groups is 3. The number of carbonyl (C=O) groups excluding carboxylic acids is 3. The number of alkyl halides is 2. The van der Waals surface area contributed by atoms with Gasteiger partial charge in [-0.2, -0.15) is 5.48 Å². The summed E-state index contributed by atoms with van der Waals surface area (Å²) in [5, 5.41) is 0.696. The van der Waals surface area contributed by atoms with Crippen LogP contribution in [0.2, 0.25) is 0 Å². The van der Waals surface area contributed by atoms with E-state index in [2.05, 4.69) is 15.4 Å². The van der Waals surface area contributed by atoms with E-state index in [1.54, 1.807) is 29.0 Å². The summed E-state index contributed by atoms with van der Waals surface area (Å²) >= 11 is 0. The summed E-state index contributed by atoms with van der Waals surface area (Å²) in [5.74, 6) is -4.26. The summed E-state index contributed by atoms with van der Waals surface area (Å²) in [7, 11) is 0. The van der Waals surface area contributed by atoms with Gasteiger partial charge in [0.1, 0.15) is 11.3 Å². The minimum absolute atomic E-state index is 0.0102. The van der Waals surface area contributed by atoms with Crippen LogP contribution in [0.5, 0.6) is 0 Å². The number of nitrogens with one attached hydrogen (secondary N) is 1. The summed E-state index contributed by atoms with van der Waals surface area (Å²) in [6.07, 6.45) is 5.52. The Bertz CT molecular complexity index is 1260. The molecule has 4 heterocycles. The van der Waals surface area contributed by atoms with E-state index in [0.29, 0.717) is 22.3 Å². The van der Waals surface area contributed by atoms with Crippen molar-refractivity contribution in [3.05, 3.63) is 54.1 Å². The number of pyridine rings is 2. The Labute approximate surface area is 192 Å². The molecule has 0 unspecified atom stereocenters. The van der Waals surface area contributed by atoms with E-state index in [-0.39, 0.29) is 43.5 Å². The van der Waals surface area contributed by atoms with Crippen LogP contribution in [-0.4, -0.2) is 56.2 Å². The van der Waals surface area contributed by atoms with Gasteiger partial charge in [-0.25, -0.2) is 23.5 Å². The number of rotatable bonds is 4. The maximum Gasteiger partial charge on any atom is 0.335 e. The number of hydrogen-bond acceptors (Lipinski definition) is 6. The van der Waals surface area contributed by atoms with E-state index >= 15 is 0 Å². The fraction of sp³-hybridized carbons (Fsp3) is 0.348. The first kappa shape index (κ1) is 21.9. The topological polar surface area (TPSA) is 106 Å². The van der Waals surface area contributed by atoms with Crippen LogP contribution in [0.15, 0.2) is 42.9 Å². The molecule has 9 nitrogen and oxygen atoms in total. The molecule has 2 fully saturated rings. The summed E-state index contributed by atoms with van der Waals surface area (Å²) in [4.78, 5) is 51.1. The van der Waals surface area contributed by atoms with Gasteiger partial charge in [-0.3, -0.25) is 14.2 Å². The molecule has 3 aromatic rings. The van der Waals surface area contributed by atoms with Gasteiger partial charge in [0, 0.05) is 43.7 Å². The van der Waals surface area contributed by atoms with Crippen molar-refractivity contribution < 1.29 is 28.0 Å². The summed E-state index contributed by atoms with van der Waals surface area (Å²) in [6.45, 7) is 0.0204. The first-order valence-electron chi connectivity index (χ1n) is 10.9. The summed E-state index contributed by atoms with van der Waals surface area (Å²) in [5.41, 5.74) is 3.72. The van der Waals surface area contributed by atoms with Gasteiger partial charge >= 0.3 is 11.9 Å². The van der Waals surface area contributed by atoms with Crippen LogP contribution in [-0.2, 0) is 9.63 Å². The van der Waals surface area contributed by atoms with Gasteiger partial charge in [-0.15, -0.1) is 0 Å². The molecule has 3 aromatic heterocycles. The fourth-order valence-electron chi connectivity index (χ4n) is 3.78. The summed E-state index contributed by atoms with van der Waals surface area (Å²) in [6, 6.07) is 6.61. The first-order chi connectivity index (χ1) is 16.3. The summed E-state index contributed by atoms with van der Waals surface area (Å²) < 4.78 is 28.5. The second kappa shape index (κ2) is 8.47. The van der Waals surface area contributed by atoms with E-state index in [0.717, 1.165) is 12.8 Å². The van der Waals surface area contributed by atoms with Crippen molar-refractivity contribution in [2.45, 2.75) is 31.6 Å². The second-order valence-electron chi connectivity index (χ2n) is 8.50. The van der Waals surface area contributed by atoms with Crippen molar-refractivity contribution in [3.63, 3.8) is 0 Å². The lowest BCUT2D eigenvalue weighted by Gasteiger charge is -2.31. The van der Waals surface area contributed by atoms with Gasteiger partial charge in [0.25, 0.3) is 11.8 Å². The molecule has 0 bridgehead atoms. The quantitative estimate of drug-likeness (QED) is 0.589. The monoisotopic (exact) mass is 469 g/mol. The van der Waals surface area contributed by atoms with Crippen molar-refractivity contribution in [2.24, 2.45) is 5.92 Å². The number of likely N-dealkylation sites (tertiary alicyclic amines) is 1. The molecule has 34 heavy (non-hydrogen) atoms. The number of fused-ring (bicyclic) bond motifs is 1.